The van der Waals surface area contributed by atoms with Crippen LogP contribution in [0, 0.1) is 0 Å². The fourth-order valence-electron chi connectivity index (χ4n) is 0.627. The Bertz CT molecular complexity index is 204. The molecule has 1 rings (SSSR count). The van der Waals surface area contributed by atoms with Gasteiger partial charge >= 0.3 is 84.5 Å². The molecule has 4 heteroatoms. The van der Waals surface area contributed by atoms with Crippen molar-refractivity contribution < 1.29 is 0 Å². The molecule has 0 bridgehead atoms. The number of benzene rings is 1. The zero-order chi connectivity index (χ0) is 7.61. The Morgan fingerprint density at radius 1 is 0.900 bits per heavy atom. The van der Waals surface area contributed by atoms with Crippen LogP contribution in [0.1, 0.15) is 0 Å². The summed E-state index contributed by atoms with van der Waals surface area (Å²) in [5.74, 6) is 0. The van der Waals surface area contributed by atoms with Gasteiger partial charge in [0.1, 0.15) is 0 Å². The van der Waals surface area contributed by atoms with Crippen LogP contribution in [-0.2, 0) is 0 Å². The second kappa shape index (κ2) is 3.74. The molecule has 0 aliphatic heterocycles. The summed E-state index contributed by atoms with van der Waals surface area (Å²) in [6.45, 7) is 0. The van der Waals surface area contributed by atoms with Gasteiger partial charge in [-0.25, -0.2) is 0 Å². The fourth-order valence-corrected chi connectivity index (χ4v) is 5.94. The van der Waals surface area contributed by atoms with Crippen LogP contribution in [0.5, 0.6) is 0 Å². The van der Waals surface area contributed by atoms with E-state index in [0.29, 0.717) is 0 Å². The van der Waals surface area contributed by atoms with Crippen LogP contribution in [0.2, 0.25) is 0 Å². The summed E-state index contributed by atoms with van der Waals surface area (Å²) in [7, 11) is -2.06. The molecule has 0 aliphatic carbocycles. The standard InChI is InChI=1S/C6H5Br3Ge/c7-10(8,9)6-4-2-1-3-5-6/h1-5H. The summed E-state index contributed by atoms with van der Waals surface area (Å²) in [6, 6.07) is 10.3. The molecule has 0 saturated heterocycles. The van der Waals surface area contributed by atoms with E-state index in [2.05, 4.69) is 54.1 Å². The second-order valence-electron chi connectivity index (χ2n) is 1.86. The third-order valence-corrected chi connectivity index (χ3v) is 10.3. The average Bonchev–Trinajstić information content (AvgIpc) is 1.88. The Hall–Kier alpha value is 1.20. The van der Waals surface area contributed by atoms with Gasteiger partial charge in [0.25, 0.3) is 0 Å². The van der Waals surface area contributed by atoms with E-state index in [9.17, 15) is 0 Å². The molecule has 0 N–H and O–H groups in total. The van der Waals surface area contributed by atoms with Gasteiger partial charge in [-0.15, -0.1) is 0 Å². The van der Waals surface area contributed by atoms with Crippen molar-refractivity contribution >= 4 is 54.1 Å². The fraction of sp³-hybridized carbons (Fsp3) is 0. The van der Waals surface area contributed by atoms with E-state index in [0.717, 1.165) is 0 Å². The van der Waals surface area contributed by atoms with Crippen molar-refractivity contribution in [1.29, 1.82) is 0 Å². The molecular weight excluding hydrogens is 384 g/mol. The number of rotatable bonds is 1. The molecule has 54 valence electrons. The van der Waals surface area contributed by atoms with Gasteiger partial charge in [-0.05, 0) is 0 Å². The molecule has 0 heterocycles. The molecule has 0 atom stereocenters. The minimum atomic E-state index is -2.06. The van der Waals surface area contributed by atoms with Crippen LogP contribution in [0.25, 0.3) is 0 Å². The van der Waals surface area contributed by atoms with Gasteiger partial charge in [0.05, 0.1) is 0 Å². The summed E-state index contributed by atoms with van der Waals surface area (Å²) in [4.78, 5) is 0. The van der Waals surface area contributed by atoms with Crippen LogP contribution in [0.3, 0.4) is 0 Å². The number of hydrogen-bond acceptors (Lipinski definition) is 0. The summed E-state index contributed by atoms with van der Waals surface area (Å²) in [5, 5.41) is 0. The molecule has 0 aromatic heterocycles. The van der Waals surface area contributed by atoms with E-state index in [-0.39, 0.29) is 0 Å². The maximum atomic E-state index is 3.61. The Morgan fingerprint density at radius 3 is 1.70 bits per heavy atom. The zero-order valence-electron chi connectivity index (χ0n) is 5.02. The summed E-state index contributed by atoms with van der Waals surface area (Å²) >= 11 is 10.8. The quantitative estimate of drug-likeness (QED) is 0.648. The first-order chi connectivity index (χ1) is 4.61. The van der Waals surface area contributed by atoms with E-state index in [1.54, 1.807) is 0 Å². The van der Waals surface area contributed by atoms with Gasteiger partial charge in [-0.2, -0.15) is 0 Å². The van der Waals surface area contributed by atoms with Crippen LogP contribution in [0.4, 0.5) is 0 Å². The first-order valence-electron chi connectivity index (χ1n) is 2.73. The number of halogens is 3. The van der Waals surface area contributed by atoms with Crippen LogP contribution in [-0.4, -0.2) is 7.74 Å². The van der Waals surface area contributed by atoms with E-state index in [1.807, 2.05) is 18.2 Å². The minimum absolute atomic E-state index is 1.34. The van der Waals surface area contributed by atoms with Gasteiger partial charge in [0.15, 0.2) is 0 Å². The zero-order valence-corrected chi connectivity index (χ0v) is 11.9. The average molecular weight is 389 g/mol. The van der Waals surface area contributed by atoms with Gasteiger partial charge in [-0.3, -0.25) is 0 Å². The van der Waals surface area contributed by atoms with Crippen LogP contribution < -0.4 is 4.40 Å². The maximum absolute atomic E-state index is 3.61. The van der Waals surface area contributed by atoms with Crippen LogP contribution >= 0.6 is 42.0 Å². The van der Waals surface area contributed by atoms with Gasteiger partial charge < -0.3 is 0 Å². The first kappa shape index (κ1) is 9.29. The monoisotopic (exact) mass is 388 g/mol. The molecule has 10 heavy (non-hydrogen) atoms. The molecule has 0 aliphatic rings. The molecule has 1 aromatic rings. The van der Waals surface area contributed by atoms with Gasteiger partial charge in [0.2, 0.25) is 0 Å². The van der Waals surface area contributed by atoms with Crippen molar-refractivity contribution in [3.63, 3.8) is 0 Å². The van der Waals surface area contributed by atoms with Gasteiger partial charge in [-0.1, -0.05) is 0 Å². The van der Waals surface area contributed by atoms with Crippen molar-refractivity contribution in [1.82, 2.24) is 0 Å². The molecule has 1 aromatic carbocycles. The van der Waals surface area contributed by atoms with Crippen molar-refractivity contribution in [2.75, 3.05) is 0 Å². The molecule has 0 amide bonds. The second-order valence-corrected chi connectivity index (χ2v) is 40.3. The Labute approximate surface area is 83.6 Å². The molecule has 0 nitrogen and oxygen atoms in total. The van der Waals surface area contributed by atoms with Crippen molar-refractivity contribution in [3.8, 4) is 0 Å². The molecule has 0 unspecified atom stereocenters. The Balaban J connectivity index is 2.97. The third-order valence-electron chi connectivity index (χ3n) is 1.10. The Morgan fingerprint density at radius 2 is 1.40 bits per heavy atom. The van der Waals surface area contributed by atoms with E-state index >= 15 is 0 Å². The van der Waals surface area contributed by atoms with Crippen molar-refractivity contribution in [3.05, 3.63) is 30.3 Å². The van der Waals surface area contributed by atoms with E-state index in [1.165, 1.54) is 4.40 Å². The predicted molar refractivity (Wildman–Crippen MR) is 58.6 cm³/mol. The van der Waals surface area contributed by atoms with Crippen molar-refractivity contribution in [2.24, 2.45) is 0 Å². The van der Waals surface area contributed by atoms with Crippen LogP contribution in [0.15, 0.2) is 30.3 Å². The molecular formula is C6H5Br3Ge. The van der Waals surface area contributed by atoms with Gasteiger partial charge in [0, 0.05) is 0 Å². The number of hydrogen-bond donors (Lipinski definition) is 0. The summed E-state index contributed by atoms with van der Waals surface area (Å²) < 4.78 is 1.34. The predicted octanol–water partition coefficient (Wildman–Crippen LogP) is 3.02. The topological polar surface area (TPSA) is 0 Å². The molecule has 0 spiro atoms. The first-order valence-corrected chi connectivity index (χ1v) is 18.5. The SMILES string of the molecule is [Br][Ge]([Br])([Br])[c]1ccccc1. The molecule has 0 radical (unpaired) electrons. The Kier molecular flexibility index (Phi) is 3.47. The summed E-state index contributed by atoms with van der Waals surface area (Å²) in [5.41, 5.74) is 0. The molecule has 0 saturated carbocycles. The van der Waals surface area contributed by atoms with E-state index in [4.69, 9.17) is 0 Å². The summed E-state index contributed by atoms with van der Waals surface area (Å²) in [6.07, 6.45) is 0. The van der Waals surface area contributed by atoms with E-state index < -0.39 is 7.74 Å². The normalized spacial score (nSPS) is 11.5. The third kappa shape index (κ3) is 2.68. The molecule has 0 fully saturated rings. The van der Waals surface area contributed by atoms with Crippen molar-refractivity contribution in [2.45, 2.75) is 0 Å².